The van der Waals surface area contributed by atoms with E-state index in [1.165, 1.54) is 18.3 Å². The monoisotopic (exact) mass is 938 g/mol. The van der Waals surface area contributed by atoms with Gasteiger partial charge in [0.25, 0.3) is 11.7 Å². The van der Waals surface area contributed by atoms with Crippen molar-refractivity contribution >= 4 is 23.3 Å². The number of methoxy groups -OCH3 is 3. The van der Waals surface area contributed by atoms with Crippen molar-refractivity contribution in [3.63, 3.8) is 0 Å². The number of piperidine rings is 1. The average molecular weight is 938 g/mol. The van der Waals surface area contributed by atoms with Crippen molar-refractivity contribution in [3.8, 4) is 0 Å². The number of Topliss-reactive ketones (excluding diaryl/α,β-unsaturated/α-hetero) is 3. The Morgan fingerprint density at radius 1 is 0.896 bits per heavy atom. The summed E-state index contributed by atoms with van der Waals surface area (Å²) in [6.45, 7) is 13.3. The van der Waals surface area contributed by atoms with E-state index in [1.807, 2.05) is 51.2 Å². The van der Waals surface area contributed by atoms with Gasteiger partial charge in [0, 0.05) is 58.5 Å². The number of ketones is 3. The molecule has 4 aliphatic rings. The molecule has 3 aliphatic heterocycles. The number of fused-ring (bicyclic) bond motifs is 3. The third-order valence-electron chi connectivity index (χ3n) is 14.9. The van der Waals surface area contributed by atoms with Gasteiger partial charge in [-0.25, -0.2) is 0 Å². The van der Waals surface area contributed by atoms with Crippen LogP contribution in [-0.2, 0) is 42.9 Å². The molecule has 1 aliphatic carbocycles. The molecule has 1 unspecified atom stereocenters. The standard InChI is InChI=1S/C51H79N5O11/c1-31-16-12-11-13-17-32(2)42(63-8)28-39-21-19-37(7)51(62,67-39)49(60)50(61)55-23-15-14-18-45(55)66-43(34(4)26-38-20-22-40(44(27-38)64-9)56-53-30-52-54-56)29-41(57)33(3)25-36(6)47(59)48(65-10)46(58)35(5)24-31/h11-13,16-17,25,30-31,33-35,37-40,42-45,47-48,59,62H,14-15,18-24,26-29H2,1-10H3/b13-11+,16-12+,32-17?,36-25+/t31-,33-,34-,35-,37-,38+,39+,40+,42+,43+,44-,45?,47-,48+,51-/m1/s1. The van der Waals surface area contributed by atoms with E-state index in [1.54, 1.807) is 45.9 Å². The highest BCUT2D eigenvalue weighted by Crippen LogP contribution is 2.40. The molecule has 16 nitrogen and oxygen atoms in total. The summed E-state index contributed by atoms with van der Waals surface area (Å²) in [4.78, 5) is 59.9. The Hall–Kier alpha value is -3.77. The highest BCUT2D eigenvalue weighted by molar-refractivity contribution is 6.38. The molecule has 1 saturated carbocycles. The predicted molar refractivity (Wildman–Crippen MR) is 251 cm³/mol. The molecule has 0 aromatic carbocycles. The van der Waals surface area contributed by atoms with E-state index in [9.17, 15) is 29.4 Å². The first-order chi connectivity index (χ1) is 31.9. The summed E-state index contributed by atoms with van der Waals surface area (Å²) in [6.07, 6.45) is 14.6. The molecule has 4 heterocycles. The maximum atomic E-state index is 14.4. The molecular formula is C51H79N5O11. The number of ether oxygens (including phenoxy) is 5. The summed E-state index contributed by atoms with van der Waals surface area (Å²) in [5.74, 6) is -6.26. The van der Waals surface area contributed by atoms with E-state index in [2.05, 4.69) is 22.3 Å². The van der Waals surface area contributed by atoms with Crippen LogP contribution >= 0.6 is 0 Å². The van der Waals surface area contributed by atoms with Gasteiger partial charge in [0.05, 0.1) is 30.5 Å². The molecule has 1 aromatic rings. The fourth-order valence-electron chi connectivity index (χ4n) is 10.6. The lowest BCUT2D eigenvalue weighted by molar-refractivity contribution is -0.266. The molecule has 15 atom stereocenters. The molecule has 0 spiro atoms. The number of tetrazole rings is 1. The van der Waals surface area contributed by atoms with E-state index in [0.29, 0.717) is 50.5 Å². The predicted octanol–water partition coefficient (Wildman–Crippen LogP) is 6.48. The second-order valence-corrected chi connectivity index (χ2v) is 20.0. The lowest BCUT2D eigenvalue weighted by Gasteiger charge is -2.43. The number of amides is 1. The van der Waals surface area contributed by atoms with Crippen LogP contribution in [0.1, 0.15) is 132 Å². The highest BCUT2D eigenvalue weighted by Gasteiger charge is 2.53. The molecule has 1 amide bonds. The first-order valence-electron chi connectivity index (χ1n) is 24.6. The third-order valence-corrected chi connectivity index (χ3v) is 14.9. The molecule has 2 N–H and O–H groups in total. The molecular weight excluding hydrogens is 859 g/mol. The van der Waals surface area contributed by atoms with Gasteiger partial charge in [-0.3, -0.25) is 19.2 Å². The summed E-state index contributed by atoms with van der Waals surface area (Å²) >= 11 is 0. The number of aliphatic hydroxyl groups excluding tert-OH is 1. The number of hydrogen-bond acceptors (Lipinski definition) is 14. The van der Waals surface area contributed by atoms with Crippen molar-refractivity contribution in [2.24, 2.45) is 35.5 Å². The van der Waals surface area contributed by atoms with Crippen LogP contribution in [0.2, 0.25) is 0 Å². The average Bonchev–Trinajstić information content (AvgIpc) is 3.86. The Bertz CT molecular complexity index is 1920. The summed E-state index contributed by atoms with van der Waals surface area (Å²) < 4.78 is 30.6. The van der Waals surface area contributed by atoms with Crippen LogP contribution in [0.4, 0.5) is 0 Å². The van der Waals surface area contributed by atoms with E-state index < -0.39 is 65.9 Å². The Labute approximate surface area is 397 Å². The SMILES string of the molecule is CO[C@H]1C[C@@H]2CC[C@@H](C)[C@@](O)(O2)C(=O)C(=O)N2CCCCC2O[C@H]([C@H](C)C[C@@H]2CC[C@H](n3ncnn3)[C@H](OC)C2)CC(=O)[C@H](C)/C=C(\C)[C@@H](O)[C@@H](OC)C(=O)[C@H](C)C[C@H](C)/C=C/C=C/C=C1C. The van der Waals surface area contributed by atoms with Crippen molar-refractivity contribution in [3.05, 3.63) is 53.9 Å². The number of nitrogens with zero attached hydrogens (tertiary/aromatic N) is 5. The van der Waals surface area contributed by atoms with Crippen LogP contribution in [0, 0.1) is 35.5 Å². The van der Waals surface area contributed by atoms with Crippen LogP contribution in [0.15, 0.2) is 53.9 Å². The number of allylic oxidation sites excluding steroid dienone is 6. The maximum absolute atomic E-state index is 14.4. The van der Waals surface area contributed by atoms with E-state index in [0.717, 1.165) is 31.3 Å². The van der Waals surface area contributed by atoms with Gasteiger partial charge in [0.2, 0.25) is 5.79 Å². The first-order valence-corrected chi connectivity index (χ1v) is 24.6. The zero-order valence-corrected chi connectivity index (χ0v) is 41.6. The summed E-state index contributed by atoms with van der Waals surface area (Å²) in [7, 11) is 4.70. The van der Waals surface area contributed by atoms with Crippen LogP contribution in [0.5, 0.6) is 0 Å². The van der Waals surface area contributed by atoms with Crippen molar-refractivity contribution in [1.29, 1.82) is 0 Å². The van der Waals surface area contributed by atoms with Crippen LogP contribution in [-0.4, -0.2) is 135 Å². The normalized spacial score (nSPS) is 38.7. The topological polar surface area (TPSA) is 202 Å². The van der Waals surface area contributed by atoms with Gasteiger partial charge in [-0.05, 0) is 112 Å². The molecule has 16 heteroatoms. The smallest absolute Gasteiger partial charge is 0.297 e. The van der Waals surface area contributed by atoms with Gasteiger partial charge < -0.3 is 38.8 Å². The van der Waals surface area contributed by atoms with Crippen molar-refractivity contribution in [1.82, 2.24) is 25.1 Å². The minimum absolute atomic E-state index is 0.00876. The Morgan fingerprint density at radius 2 is 1.66 bits per heavy atom. The molecule has 1 aromatic heterocycles. The number of aliphatic hydroxyl groups is 2. The quantitative estimate of drug-likeness (QED) is 0.222. The number of carbonyl (C=O) groups is 4. The number of aromatic nitrogens is 4. The lowest BCUT2D eigenvalue weighted by Crippen LogP contribution is -2.60. The van der Waals surface area contributed by atoms with E-state index in [-0.39, 0.29) is 60.5 Å². The third kappa shape index (κ3) is 13.9. The Kier molecular flexibility index (Phi) is 20.4. The zero-order valence-electron chi connectivity index (χ0n) is 41.6. The fraction of sp³-hybridized carbons (Fsp3) is 0.745. The second-order valence-electron chi connectivity index (χ2n) is 20.0. The van der Waals surface area contributed by atoms with Gasteiger partial charge in [0.15, 0.2) is 12.1 Å². The summed E-state index contributed by atoms with van der Waals surface area (Å²) in [6, 6.07) is -0.0594. The van der Waals surface area contributed by atoms with Crippen LogP contribution in [0.3, 0.4) is 0 Å². The fourth-order valence-corrected chi connectivity index (χ4v) is 10.6. The van der Waals surface area contributed by atoms with Gasteiger partial charge >= 0.3 is 0 Å². The zero-order chi connectivity index (χ0) is 49.0. The molecule has 5 rings (SSSR count). The van der Waals surface area contributed by atoms with Crippen molar-refractivity contribution in [2.45, 2.75) is 180 Å². The molecule has 2 bridgehead atoms. The highest BCUT2D eigenvalue weighted by atomic mass is 16.6. The molecule has 67 heavy (non-hydrogen) atoms. The number of carbonyl (C=O) groups excluding carboxylic acids is 4. The Balaban J connectivity index is 1.46. The molecule has 3 fully saturated rings. The number of hydrogen-bond donors (Lipinski definition) is 2. The summed E-state index contributed by atoms with van der Waals surface area (Å²) in [5.41, 5.74) is 1.35. The van der Waals surface area contributed by atoms with Crippen LogP contribution in [0.25, 0.3) is 0 Å². The molecule has 0 radical (unpaired) electrons. The van der Waals surface area contributed by atoms with Gasteiger partial charge in [-0.15, -0.1) is 10.2 Å². The van der Waals surface area contributed by atoms with Crippen LogP contribution < -0.4 is 0 Å². The van der Waals surface area contributed by atoms with Gasteiger partial charge in [-0.2, -0.15) is 4.80 Å². The second kappa shape index (κ2) is 25.2. The van der Waals surface area contributed by atoms with Gasteiger partial charge in [-0.1, -0.05) is 71.1 Å². The Morgan fingerprint density at radius 3 is 2.34 bits per heavy atom. The van der Waals surface area contributed by atoms with E-state index in [4.69, 9.17) is 23.7 Å². The minimum Gasteiger partial charge on any atom is -0.386 e. The van der Waals surface area contributed by atoms with Crippen molar-refractivity contribution in [2.75, 3.05) is 27.9 Å². The first kappa shape index (κ1) is 54.2. The largest absolute Gasteiger partial charge is 0.386 e. The molecule has 2 saturated heterocycles. The molecule has 374 valence electrons. The van der Waals surface area contributed by atoms with Gasteiger partial charge in [0.1, 0.15) is 24.2 Å². The lowest BCUT2D eigenvalue weighted by atomic mass is 9.77. The maximum Gasteiger partial charge on any atom is 0.297 e. The minimum atomic E-state index is -2.35. The summed E-state index contributed by atoms with van der Waals surface area (Å²) in [5, 5.41) is 35.9. The number of rotatable bonds is 7. The van der Waals surface area contributed by atoms with E-state index >= 15 is 0 Å². The van der Waals surface area contributed by atoms with Crippen molar-refractivity contribution < 1.29 is 53.1 Å².